The number of Topliss-reactive ketones (excluding diaryl/α,β-unsaturated/α-hetero) is 1. The van der Waals surface area contributed by atoms with Crippen molar-refractivity contribution in [1.29, 1.82) is 0 Å². The molecule has 0 spiro atoms. The van der Waals surface area contributed by atoms with Crippen molar-refractivity contribution in [2.45, 2.75) is 13.3 Å². The smallest absolute Gasteiger partial charge is 0.310 e. The minimum atomic E-state index is -3.17. The third-order valence-electron chi connectivity index (χ3n) is 3.44. The van der Waals surface area contributed by atoms with Gasteiger partial charge in [0.05, 0.1) is 17.4 Å². The maximum absolute atomic E-state index is 11.9. The largest absolute Gasteiger partial charge is 0.457 e. The van der Waals surface area contributed by atoms with Crippen LogP contribution in [0.4, 0.5) is 5.69 Å². The summed E-state index contributed by atoms with van der Waals surface area (Å²) in [5, 5.41) is 2.57. The quantitative estimate of drug-likeness (QED) is 0.628. The second-order valence-electron chi connectivity index (χ2n) is 5.39. The molecular weight excluding hydrogens is 322 g/mol. The molecule has 1 N–H and O–H groups in total. The summed E-state index contributed by atoms with van der Waals surface area (Å²) in [5.74, 6) is -2.20. The average Bonchev–Trinajstić information content (AvgIpc) is 2.85. The molecule has 0 radical (unpaired) electrons. The minimum absolute atomic E-state index is 0.0225. The van der Waals surface area contributed by atoms with Crippen LogP contribution < -0.4 is 5.32 Å². The lowest BCUT2D eigenvalue weighted by atomic mass is 10.1. The Morgan fingerprint density at radius 3 is 2.39 bits per heavy atom. The zero-order chi connectivity index (χ0) is 17.0. The molecular formula is C15H17NO6S. The van der Waals surface area contributed by atoms with Gasteiger partial charge < -0.3 is 10.1 Å². The highest BCUT2D eigenvalue weighted by atomic mass is 32.2. The van der Waals surface area contributed by atoms with Crippen LogP contribution in [0.25, 0.3) is 0 Å². The zero-order valence-electron chi connectivity index (χ0n) is 12.6. The van der Waals surface area contributed by atoms with Crippen molar-refractivity contribution in [3.05, 3.63) is 29.8 Å². The fraction of sp³-hybridized carbons (Fsp3) is 0.400. The summed E-state index contributed by atoms with van der Waals surface area (Å²) in [5.41, 5.74) is 0.896. The van der Waals surface area contributed by atoms with Crippen LogP contribution in [0.5, 0.6) is 0 Å². The van der Waals surface area contributed by atoms with E-state index in [-0.39, 0.29) is 23.8 Å². The number of sulfone groups is 1. The van der Waals surface area contributed by atoms with Crippen LogP contribution >= 0.6 is 0 Å². The molecule has 0 saturated carbocycles. The van der Waals surface area contributed by atoms with Crippen LogP contribution in [-0.4, -0.2) is 44.2 Å². The number of hydrogen-bond donors (Lipinski definition) is 1. The van der Waals surface area contributed by atoms with Crippen molar-refractivity contribution in [3.63, 3.8) is 0 Å². The lowest BCUT2D eigenvalue weighted by molar-refractivity contribution is -0.146. The van der Waals surface area contributed by atoms with Gasteiger partial charge >= 0.3 is 5.97 Å². The van der Waals surface area contributed by atoms with Crippen molar-refractivity contribution in [2.24, 2.45) is 5.92 Å². The van der Waals surface area contributed by atoms with Crippen molar-refractivity contribution < 1.29 is 27.5 Å². The maximum atomic E-state index is 11.9. The fourth-order valence-corrected chi connectivity index (χ4v) is 3.99. The molecule has 1 aliphatic rings. The summed E-state index contributed by atoms with van der Waals surface area (Å²) in [7, 11) is -3.17. The highest BCUT2D eigenvalue weighted by Crippen LogP contribution is 2.19. The van der Waals surface area contributed by atoms with Crippen LogP contribution in [0, 0.1) is 5.92 Å². The van der Waals surface area contributed by atoms with Crippen LogP contribution in [0.15, 0.2) is 24.3 Å². The number of amides is 1. The van der Waals surface area contributed by atoms with E-state index in [1.807, 2.05) is 0 Å². The Bertz CT molecular complexity index is 723. The summed E-state index contributed by atoms with van der Waals surface area (Å²) in [6.45, 7) is 0.941. The van der Waals surface area contributed by atoms with E-state index in [2.05, 4.69) is 5.32 Å². The van der Waals surface area contributed by atoms with E-state index in [1.165, 1.54) is 19.1 Å². The molecule has 8 heteroatoms. The highest BCUT2D eigenvalue weighted by Gasteiger charge is 2.34. The van der Waals surface area contributed by atoms with E-state index in [0.29, 0.717) is 11.3 Å². The van der Waals surface area contributed by atoms with Crippen molar-refractivity contribution in [3.8, 4) is 0 Å². The number of esters is 1. The van der Waals surface area contributed by atoms with Crippen molar-refractivity contribution in [1.82, 2.24) is 0 Å². The van der Waals surface area contributed by atoms with Crippen LogP contribution in [0.2, 0.25) is 0 Å². The topological polar surface area (TPSA) is 107 Å². The summed E-state index contributed by atoms with van der Waals surface area (Å²) in [4.78, 5) is 34.6. The molecule has 1 aromatic rings. The predicted octanol–water partition coefficient (Wildman–Crippen LogP) is 0.806. The van der Waals surface area contributed by atoms with E-state index in [4.69, 9.17) is 4.74 Å². The molecule has 1 fully saturated rings. The van der Waals surface area contributed by atoms with Gasteiger partial charge in [0.25, 0.3) is 0 Å². The molecule has 1 unspecified atom stereocenters. The number of nitrogens with one attached hydrogen (secondary N) is 1. The first-order valence-electron chi connectivity index (χ1n) is 7.05. The average molecular weight is 339 g/mol. The third-order valence-corrected chi connectivity index (χ3v) is 5.21. The number of benzene rings is 1. The molecule has 23 heavy (non-hydrogen) atoms. The van der Waals surface area contributed by atoms with E-state index >= 15 is 0 Å². The summed E-state index contributed by atoms with van der Waals surface area (Å²) in [6, 6.07) is 6.17. The van der Waals surface area contributed by atoms with Gasteiger partial charge in [-0.3, -0.25) is 14.4 Å². The minimum Gasteiger partial charge on any atom is -0.457 e. The molecule has 1 amide bonds. The van der Waals surface area contributed by atoms with Crippen LogP contribution in [0.1, 0.15) is 23.7 Å². The molecule has 0 aromatic heterocycles. The molecule has 0 bridgehead atoms. The highest BCUT2D eigenvalue weighted by molar-refractivity contribution is 7.91. The molecule has 0 aliphatic carbocycles. The van der Waals surface area contributed by atoms with Gasteiger partial charge in [-0.25, -0.2) is 8.42 Å². The van der Waals surface area contributed by atoms with Crippen LogP contribution in [0.3, 0.4) is 0 Å². The number of ether oxygens (including phenoxy) is 1. The number of hydrogen-bond acceptors (Lipinski definition) is 6. The Morgan fingerprint density at radius 1 is 1.22 bits per heavy atom. The predicted molar refractivity (Wildman–Crippen MR) is 82.8 cm³/mol. The Labute approximate surface area is 133 Å². The zero-order valence-corrected chi connectivity index (χ0v) is 13.4. The summed E-state index contributed by atoms with van der Waals surface area (Å²) in [6.07, 6.45) is 0.237. The Balaban J connectivity index is 1.87. The van der Waals surface area contributed by atoms with Gasteiger partial charge in [0, 0.05) is 18.2 Å². The van der Waals surface area contributed by atoms with Gasteiger partial charge in [-0.2, -0.15) is 0 Å². The molecule has 1 atom stereocenters. The first-order chi connectivity index (χ1) is 10.8. The Hall–Kier alpha value is -2.22. The van der Waals surface area contributed by atoms with E-state index in [9.17, 15) is 22.8 Å². The van der Waals surface area contributed by atoms with E-state index in [0.717, 1.165) is 0 Å². The van der Waals surface area contributed by atoms with Crippen LogP contribution in [-0.2, 0) is 24.2 Å². The summed E-state index contributed by atoms with van der Waals surface area (Å²) >= 11 is 0. The number of rotatable bonds is 5. The van der Waals surface area contributed by atoms with Gasteiger partial charge in [0.2, 0.25) is 5.91 Å². The Morgan fingerprint density at radius 2 is 1.87 bits per heavy atom. The lowest BCUT2D eigenvalue weighted by Crippen LogP contribution is -2.22. The maximum Gasteiger partial charge on any atom is 0.310 e. The van der Waals surface area contributed by atoms with Gasteiger partial charge in [-0.05, 0) is 30.7 Å². The first kappa shape index (κ1) is 17.1. The number of carbonyl (C=O) groups excluding carboxylic acids is 3. The second-order valence-corrected chi connectivity index (χ2v) is 7.62. The third kappa shape index (κ3) is 4.88. The molecule has 1 aromatic carbocycles. The molecule has 1 saturated heterocycles. The second kappa shape index (κ2) is 6.91. The molecule has 1 aliphatic heterocycles. The lowest BCUT2D eigenvalue weighted by Gasteiger charge is -2.08. The van der Waals surface area contributed by atoms with Gasteiger partial charge in [-0.1, -0.05) is 0 Å². The molecule has 2 rings (SSSR count). The standard InChI is InChI=1S/C15H17NO6S/c1-10(17)16-13-4-2-11(3-5-13)14(18)8-22-15(19)12-6-7-23(20,21)9-12/h2-5,12H,6-9H2,1H3,(H,16,17). The first-order valence-corrected chi connectivity index (χ1v) is 8.87. The number of anilines is 1. The number of carbonyl (C=O) groups is 3. The molecule has 1 heterocycles. The normalized spacial score (nSPS) is 19.1. The monoisotopic (exact) mass is 339 g/mol. The Kier molecular flexibility index (Phi) is 5.15. The van der Waals surface area contributed by atoms with E-state index < -0.39 is 34.1 Å². The fourth-order valence-electron chi connectivity index (χ4n) is 2.26. The summed E-state index contributed by atoms with van der Waals surface area (Å²) < 4.78 is 27.5. The van der Waals surface area contributed by atoms with Gasteiger partial charge in [0.1, 0.15) is 0 Å². The number of ketones is 1. The van der Waals surface area contributed by atoms with Crippen molar-refractivity contribution >= 4 is 33.2 Å². The molecule has 7 nitrogen and oxygen atoms in total. The van der Waals surface area contributed by atoms with Gasteiger partial charge in [0.15, 0.2) is 22.2 Å². The van der Waals surface area contributed by atoms with Crippen molar-refractivity contribution in [2.75, 3.05) is 23.4 Å². The molecule has 124 valence electrons. The van der Waals surface area contributed by atoms with Gasteiger partial charge in [-0.15, -0.1) is 0 Å². The van der Waals surface area contributed by atoms with E-state index in [1.54, 1.807) is 12.1 Å². The SMILES string of the molecule is CC(=O)Nc1ccc(C(=O)COC(=O)C2CCS(=O)(=O)C2)cc1.